The highest BCUT2D eigenvalue weighted by Crippen LogP contribution is 2.29. The van der Waals surface area contributed by atoms with E-state index in [1.165, 1.54) is 18.9 Å². The molecule has 4 nitrogen and oxygen atoms in total. The molecule has 0 aromatic carbocycles. The van der Waals surface area contributed by atoms with E-state index in [1.807, 2.05) is 0 Å². The molecule has 1 heterocycles. The van der Waals surface area contributed by atoms with E-state index in [-0.39, 0.29) is 0 Å². The summed E-state index contributed by atoms with van der Waals surface area (Å²) in [4.78, 5) is 12.7. The van der Waals surface area contributed by atoms with Crippen LogP contribution in [0.1, 0.15) is 19.3 Å². The molecule has 0 bridgehead atoms. The van der Waals surface area contributed by atoms with Gasteiger partial charge >= 0.3 is 5.97 Å². The molecule has 1 N–H and O–H groups in total. The van der Waals surface area contributed by atoms with Gasteiger partial charge < -0.3 is 9.84 Å². The first-order chi connectivity index (χ1) is 7.27. The molecule has 2 atom stereocenters. The van der Waals surface area contributed by atoms with Gasteiger partial charge in [0.1, 0.15) is 0 Å². The highest BCUT2D eigenvalue weighted by atomic mass is 16.5. The molecule has 0 aromatic rings. The number of carboxylic acids is 1. The third-order valence-electron chi connectivity index (χ3n) is 3.20. The van der Waals surface area contributed by atoms with E-state index in [0.717, 1.165) is 26.1 Å². The molecule has 15 heavy (non-hydrogen) atoms. The number of hydrogen-bond acceptors (Lipinski definition) is 3. The predicted molar refractivity (Wildman–Crippen MR) is 55.7 cm³/mol. The van der Waals surface area contributed by atoms with Crippen molar-refractivity contribution >= 4 is 5.97 Å². The topological polar surface area (TPSA) is 49.8 Å². The first-order valence-electron chi connectivity index (χ1n) is 5.52. The van der Waals surface area contributed by atoms with Gasteiger partial charge in [0.2, 0.25) is 0 Å². The van der Waals surface area contributed by atoms with Gasteiger partial charge in [-0.3, -0.25) is 4.90 Å². The molecule has 2 fully saturated rings. The Morgan fingerprint density at radius 3 is 3.20 bits per heavy atom. The zero-order valence-corrected chi connectivity index (χ0v) is 8.76. The van der Waals surface area contributed by atoms with Crippen LogP contribution in [0, 0.1) is 0 Å². The van der Waals surface area contributed by atoms with Crippen molar-refractivity contribution in [2.45, 2.75) is 31.4 Å². The van der Waals surface area contributed by atoms with Gasteiger partial charge in [-0.1, -0.05) is 6.08 Å². The van der Waals surface area contributed by atoms with E-state index >= 15 is 0 Å². The molecule has 2 unspecified atom stereocenters. The van der Waals surface area contributed by atoms with E-state index in [4.69, 9.17) is 9.84 Å². The van der Waals surface area contributed by atoms with Crippen LogP contribution in [0.15, 0.2) is 12.2 Å². The molecule has 0 aromatic heterocycles. The van der Waals surface area contributed by atoms with Crippen molar-refractivity contribution in [2.75, 3.05) is 19.7 Å². The van der Waals surface area contributed by atoms with Crippen LogP contribution >= 0.6 is 0 Å². The number of hydrogen-bond donors (Lipinski definition) is 1. The molecule has 1 saturated heterocycles. The molecule has 84 valence electrons. The average Bonchev–Trinajstić information content (AvgIpc) is 2.65. The maximum absolute atomic E-state index is 10.3. The van der Waals surface area contributed by atoms with E-state index in [0.29, 0.717) is 12.1 Å². The minimum atomic E-state index is -0.869. The summed E-state index contributed by atoms with van der Waals surface area (Å²) in [5.41, 5.74) is 0. The second-order valence-electron chi connectivity index (χ2n) is 4.14. The van der Waals surface area contributed by atoms with Crippen LogP contribution < -0.4 is 0 Å². The maximum atomic E-state index is 10.3. The summed E-state index contributed by atoms with van der Waals surface area (Å²) in [6.45, 7) is 2.43. The van der Waals surface area contributed by atoms with E-state index in [1.54, 1.807) is 6.08 Å². The van der Waals surface area contributed by atoms with Crippen LogP contribution in [0.3, 0.4) is 0 Å². The lowest BCUT2D eigenvalue weighted by molar-refractivity contribution is -0.131. The van der Waals surface area contributed by atoms with E-state index in [9.17, 15) is 4.79 Å². The average molecular weight is 211 g/mol. The number of ether oxygens (including phenoxy) is 1. The first-order valence-corrected chi connectivity index (χ1v) is 5.52. The van der Waals surface area contributed by atoms with Gasteiger partial charge in [0.05, 0.1) is 12.7 Å². The predicted octanol–water partition coefficient (Wildman–Crippen LogP) is 0.880. The fourth-order valence-electron chi connectivity index (χ4n) is 2.52. The molecule has 2 aliphatic rings. The van der Waals surface area contributed by atoms with Crippen molar-refractivity contribution in [3.8, 4) is 0 Å². The lowest BCUT2D eigenvalue weighted by Gasteiger charge is -2.36. The summed E-state index contributed by atoms with van der Waals surface area (Å²) in [5, 5.41) is 8.50. The molecule has 1 aliphatic heterocycles. The minimum Gasteiger partial charge on any atom is -0.478 e. The molecule has 2 rings (SSSR count). The molecule has 1 saturated carbocycles. The Morgan fingerprint density at radius 2 is 2.40 bits per heavy atom. The smallest absolute Gasteiger partial charge is 0.328 e. The van der Waals surface area contributed by atoms with Crippen LogP contribution in [0.25, 0.3) is 0 Å². The van der Waals surface area contributed by atoms with Gasteiger partial charge in [-0.25, -0.2) is 4.79 Å². The van der Waals surface area contributed by atoms with Crippen molar-refractivity contribution < 1.29 is 14.6 Å². The van der Waals surface area contributed by atoms with Crippen LogP contribution in [-0.4, -0.2) is 47.8 Å². The van der Waals surface area contributed by atoms with Crippen molar-refractivity contribution in [3.05, 3.63) is 12.2 Å². The van der Waals surface area contributed by atoms with Crippen LogP contribution in [-0.2, 0) is 9.53 Å². The fourth-order valence-corrected chi connectivity index (χ4v) is 2.52. The van der Waals surface area contributed by atoms with Gasteiger partial charge in [0.15, 0.2) is 0 Å². The van der Waals surface area contributed by atoms with Crippen molar-refractivity contribution in [1.29, 1.82) is 0 Å². The zero-order valence-electron chi connectivity index (χ0n) is 8.76. The third kappa shape index (κ3) is 2.58. The summed E-state index contributed by atoms with van der Waals surface area (Å²) in [5.74, 6) is -0.869. The molecule has 0 radical (unpaired) electrons. The molecular weight excluding hydrogens is 194 g/mol. The number of carboxylic acid groups (broad SMARTS) is 1. The SMILES string of the molecule is O=C(O)/C=C/CN1CCOC2CCCC21. The molecule has 1 aliphatic carbocycles. The second kappa shape index (κ2) is 4.77. The molecular formula is C11H17NO3. The number of carbonyl (C=O) groups is 1. The van der Waals surface area contributed by atoms with Gasteiger partial charge in [-0.2, -0.15) is 0 Å². The lowest BCUT2D eigenvalue weighted by atomic mass is 10.1. The van der Waals surface area contributed by atoms with Crippen molar-refractivity contribution in [1.82, 2.24) is 4.90 Å². The standard InChI is InChI=1S/C11H17NO3/c13-11(14)5-2-6-12-7-8-15-10-4-1-3-9(10)12/h2,5,9-10H,1,3-4,6-8H2,(H,13,14)/b5-2+. The third-order valence-corrected chi connectivity index (χ3v) is 3.20. The summed E-state index contributed by atoms with van der Waals surface area (Å²) < 4.78 is 5.68. The maximum Gasteiger partial charge on any atom is 0.328 e. The van der Waals surface area contributed by atoms with Gasteiger partial charge in [-0.15, -0.1) is 0 Å². The molecule has 0 spiro atoms. The van der Waals surface area contributed by atoms with Crippen LogP contribution in [0.4, 0.5) is 0 Å². The summed E-state index contributed by atoms with van der Waals surface area (Å²) in [7, 11) is 0. The van der Waals surface area contributed by atoms with Crippen molar-refractivity contribution in [2.24, 2.45) is 0 Å². The number of nitrogens with zero attached hydrogens (tertiary/aromatic N) is 1. The van der Waals surface area contributed by atoms with Gasteiger partial charge in [-0.05, 0) is 19.3 Å². The normalized spacial score (nSPS) is 32.0. The number of rotatable bonds is 3. The van der Waals surface area contributed by atoms with Crippen LogP contribution in [0.2, 0.25) is 0 Å². The Hall–Kier alpha value is -0.870. The second-order valence-corrected chi connectivity index (χ2v) is 4.14. The fraction of sp³-hybridized carbons (Fsp3) is 0.727. The molecule has 0 amide bonds. The number of fused-ring (bicyclic) bond motifs is 1. The number of aliphatic carboxylic acids is 1. The Balaban J connectivity index is 1.88. The largest absolute Gasteiger partial charge is 0.478 e. The number of morpholine rings is 1. The van der Waals surface area contributed by atoms with Gasteiger partial charge in [0, 0.05) is 25.2 Å². The minimum absolute atomic E-state index is 0.386. The lowest BCUT2D eigenvalue weighted by Crippen LogP contribution is -2.48. The van der Waals surface area contributed by atoms with Gasteiger partial charge in [0.25, 0.3) is 0 Å². The Kier molecular flexibility index (Phi) is 3.38. The Bertz CT molecular complexity index is 265. The van der Waals surface area contributed by atoms with Crippen molar-refractivity contribution in [3.63, 3.8) is 0 Å². The van der Waals surface area contributed by atoms with E-state index < -0.39 is 5.97 Å². The monoisotopic (exact) mass is 211 g/mol. The highest BCUT2D eigenvalue weighted by molar-refractivity contribution is 5.79. The summed E-state index contributed by atoms with van der Waals surface area (Å²) in [6, 6.07) is 0.511. The summed E-state index contributed by atoms with van der Waals surface area (Å²) in [6.07, 6.45) is 6.91. The Labute approximate surface area is 89.5 Å². The molecule has 4 heteroatoms. The van der Waals surface area contributed by atoms with E-state index in [2.05, 4.69) is 4.90 Å². The van der Waals surface area contributed by atoms with Crippen LogP contribution in [0.5, 0.6) is 0 Å². The quantitative estimate of drug-likeness (QED) is 0.704. The first kappa shape index (κ1) is 10.6. The Morgan fingerprint density at radius 1 is 1.53 bits per heavy atom. The summed E-state index contributed by atoms with van der Waals surface area (Å²) >= 11 is 0. The highest BCUT2D eigenvalue weighted by Gasteiger charge is 2.35. The zero-order chi connectivity index (χ0) is 10.7.